The van der Waals surface area contributed by atoms with Crippen LogP contribution in [0.3, 0.4) is 0 Å². The lowest BCUT2D eigenvalue weighted by Crippen LogP contribution is -2.40. The van der Waals surface area contributed by atoms with E-state index in [-0.39, 0.29) is 12.5 Å². The lowest BCUT2D eigenvalue weighted by Gasteiger charge is -2.30. The van der Waals surface area contributed by atoms with Crippen molar-refractivity contribution in [1.82, 2.24) is 9.47 Å². The van der Waals surface area contributed by atoms with Crippen molar-refractivity contribution in [3.05, 3.63) is 69.8 Å². The van der Waals surface area contributed by atoms with E-state index in [1.54, 1.807) is 12.1 Å². The number of nitrogens with zero attached hydrogens (tertiary/aromatic N) is 3. The molecule has 0 saturated heterocycles. The molecule has 0 bridgehead atoms. The van der Waals surface area contributed by atoms with Crippen molar-refractivity contribution in [3.8, 4) is 6.07 Å². The molecule has 2 amide bonds. The maximum absolute atomic E-state index is 12.9. The highest BCUT2D eigenvalue weighted by atomic mass is 79.9. The lowest BCUT2D eigenvalue weighted by atomic mass is 9.92. The predicted molar refractivity (Wildman–Crippen MR) is 116 cm³/mol. The summed E-state index contributed by atoms with van der Waals surface area (Å²) in [4.78, 5) is 25.8. The largest absolute Gasteiger partial charge is 0.345 e. The molecule has 0 N–H and O–H groups in total. The highest BCUT2D eigenvalue weighted by Crippen LogP contribution is 2.29. The van der Waals surface area contributed by atoms with E-state index in [1.165, 1.54) is 4.90 Å². The molecule has 5 nitrogen and oxygen atoms in total. The van der Waals surface area contributed by atoms with Crippen LogP contribution in [0.4, 0.5) is 0 Å². The average molecular weight is 452 g/mol. The molecule has 0 unspecified atom stereocenters. The van der Waals surface area contributed by atoms with Crippen LogP contribution in [0.15, 0.2) is 53.1 Å². The van der Waals surface area contributed by atoms with Gasteiger partial charge in [0.15, 0.2) is 0 Å². The van der Waals surface area contributed by atoms with Gasteiger partial charge in [0.05, 0.1) is 11.1 Å². The third kappa shape index (κ3) is 4.41. The first-order chi connectivity index (χ1) is 13.8. The number of nitriles is 1. The predicted octanol–water partition coefficient (Wildman–Crippen LogP) is 4.91. The number of rotatable bonds is 6. The summed E-state index contributed by atoms with van der Waals surface area (Å²) in [6, 6.07) is 15.3. The number of carbonyl (C=O) groups excluding carboxylic acids is 2. The fourth-order valence-electron chi connectivity index (χ4n) is 3.58. The highest BCUT2D eigenvalue weighted by molar-refractivity contribution is 9.10. The Kier molecular flexibility index (Phi) is 5.90. The van der Waals surface area contributed by atoms with Gasteiger partial charge in [-0.2, -0.15) is 5.26 Å². The van der Waals surface area contributed by atoms with Crippen molar-refractivity contribution in [2.45, 2.75) is 27.3 Å². The summed E-state index contributed by atoms with van der Waals surface area (Å²) in [7, 11) is 0. The molecular formula is C23H22BrN3O2. The second-order valence-corrected chi connectivity index (χ2v) is 8.88. The van der Waals surface area contributed by atoms with E-state index in [1.807, 2.05) is 61.9 Å². The average Bonchev–Trinajstić information content (AvgIpc) is 3.02. The second kappa shape index (κ2) is 8.22. The Labute approximate surface area is 178 Å². The van der Waals surface area contributed by atoms with Gasteiger partial charge in [-0.15, -0.1) is 0 Å². The Morgan fingerprint density at radius 3 is 2.66 bits per heavy atom. The van der Waals surface area contributed by atoms with Gasteiger partial charge in [-0.25, -0.2) is 0 Å². The minimum Gasteiger partial charge on any atom is -0.345 e. The first-order valence-corrected chi connectivity index (χ1v) is 10.1. The SMILES string of the molecule is Cc1ccccc1C(=O)N(C=O)CC(C)(C)Cn1cc(C#N)c2ccc(Br)cc21. The molecule has 2 aromatic carbocycles. The molecule has 29 heavy (non-hydrogen) atoms. The van der Waals surface area contributed by atoms with Crippen molar-refractivity contribution in [2.75, 3.05) is 6.54 Å². The van der Waals surface area contributed by atoms with Crippen LogP contribution in [-0.4, -0.2) is 28.3 Å². The van der Waals surface area contributed by atoms with Gasteiger partial charge in [0.2, 0.25) is 6.41 Å². The first kappa shape index (κ1) is 20.8. The van der Waals surface area contributed by atoms with Crippen LogP contribution in [0, 0.1) is 23.7 Å². The fourth-order valence-corrected chi connectivity index (χ4v) is 3.93. The Bertz CT molecular complexity index is 1120. The summed E-state index contributed by atoms with van der Waals surface area (Å²) in [5.41, 5.74) is 2.50. The van der Waals surface area contributed by atoms with E-state index < -0.39 is 5.41 Å². The summed E-state index contributed by atoms with van der Waals surface area (Å²) < 4.78 is 2.94. The third-order valence-corrected chi connectivity index (χ3v) is 5.42. The number of imide groups is 1. The molecule has 1 heterocycles. The molecule has 0 atom stereocenters. The number of aromatic nitrogens is 1. The Morgan fingerprint density at radius 2 is 2.00 bits per heavy atom. The molecule has 1 aromatic heterocycles. The number of hydrogen-bond donors (Lipinski definition) is 0. The lowest BCUT2D eigenvalue weighted by molar-refractivity contribution is -0.117. The van der Waals surface area contributed by atoms with Crippen LogP contribution in [0.2, 0.25) is 0 Å². The van der Waals surface area contributed by atoms with Gasteiger partial charge in [0.1, 0.15) is 6.07 Å². The van der Waals surface area contributed by atoms with E-state index in [2.05, 4.69) is 22.0 Å². The fraction of sp³-hybridized carbons (Fsp3) is 0.261. The van der Waals surface area contributed by atoms with Crippen LogP contribution < -0.4 is 0 Å². The highest BCUT2D eigenvalue weighted by Gasteiger charge is 2.27. The van der Waals surface area contributed by atoms with Crippen molar-refractivity contribution in [1.29, 1.82) is 5.26 Å². The van der Waals surface area contributed by atoms with Gasteiger partial charge in [-0.1, -0.05) is 54.0 Å². The molecular weight excluding hydrogens is 430 g/mol. The Balaban J connectivity index is 1.88. The minimum absolute atomic E-state index is 0.263. The zero-order chi connectivity index (χ0) is 21.2. The second-order valence-electron chi connectivity index (χ2n) is 7.96. The van der Waals surface area contributed by atoms with E-state index in [4.69, 9.17) is 0 Å². The van der Waals surface area contributed by atoms with Crippen molar-refractivity contribution in [3.63, 3.8) is 0 Å². The van der Waals surface area contributed by atoms with Crippen LogP contribution in [0.5, 0.6) is 0 Å². The van der Waals surface area contributed by atoms with E-state index in [0.29, 0.717) is 24.1 Å². The molecule has 0 radical (unpaired) electrons. The zero-order valence-corrected chi connectivity index (χ0v) is 18.2. The Morgan fingerprint density at radius 1 is 1.28 bits per heavy atom. The zero-order valence-electron chi connectivity index (χ0n) is 16.6. The van der Waals surface area contributed by atoms with Crippen molar-refractivity contribution >= 4 is 39.2 Å². The van der Waals surface area contributed by atoms with Crippen LogP contribution in [0.25, 0.3) is 10.9 Å². The number of benzene rings is 2. The number of carbonyl (C=O) groups is 2. The van der Waals surface area contributed by atoms with Gasteiger partial charge >= 0.3 is 0 Å². The molecule has 148 valence electrons. The topological polar surface area (TPSA) is 66.1 Å². The van der Waals surface area contributed by atoms with Gasteiger partial charge in [-0.05, 0) is 30.7 Å². The van der Waals surface area contributed by atoms with Gasteiger partial charge in [0.25, 0.3) is 5.91 Å². The molecule has 0 saturated carbocycles. The number of amides is 2. The molecule has 0 spiro atoms. The number of aryl methyl sites for hydroxylation is 1. The van der Waals surface area contributed by atoms with Gasteiger partial charge in [-0.3, -0.25) is 14.5 Å². The molecule has 3 rings (SSSR count). The van der Waals surface area contributed by atoms with Crippen molar-refractivity contribution < 1.29 is 9.59 Å². The third-order valence-electron chi connectivity index (χ3n) is 4.93. The summed E-state index contributed by atoms with van der Waals surface area (Å²) in [6.45, 7) is 6.68. The number of hydrogen-bond acceptors (Lipinski definition) is 3. The first-order valence-electron chi connectivity index (χ1n) is 9.26. The molecule has 0 aliphatic carbocycles. The van der Waals surface area contributed by atoms with Crippen LogP contribution >= 0.6 is 15.9 Å². The molecule has 0 aliphatic heterocycles. The molecule has 0 fully saturated rings. The quantitative estimate of drug-likeness (QED) is 0.500. The summed E-state index contributed by atoms with van der Waals surface area (Å²) >= 11 is 3.49. The van der Waals surface area contributed by atoms with E-state index in [9.17, 15) is 14.9 Å². The number of fused-ring (bicyclic) bond motifs is 1. The summed E-state index contributed by atoms with van der Waals surface area (Å²) in [6.07, 6.45) is 2.43. The summed E-state index contributed by atoms with van der Waals surface area (Å²) in [5, 5.41) is 10.3. The van der Waals surface area contributed by atoms with Gasteiger partial charge < -0.3 is 4.57 Å². The molecule has 3 aromatic rings. The molecule has 6 heteroatoms. The maximum atomic E-state index is 12.9. The van der Waals surface area contributed by atoms with Crippen LogP contribution in [0.1, 0.15) is 35.3 Å². The van der Waals surface area contributed by atoms with Crippen molar-refractivity contribution in [2.24, 2.45) is 5.41 Å². The monoisotopic (exact) mass is 451 g/mol. The van der Waals surface area contributed by atoms with Crippen LogP contribution in [-0.2, 0) is 11.3 Å². The smallest absolute Gasteiger partial charge is 0.260 e. The number of halogens is 1. The van der Waals surface area contributed by atoms with Gasteiger partial charge in [0, 0.05) is 40.1 Å². The maximum Gasteiger partial charge on any atom is 0.260 e. The van der Waals surface area contributed by atoms with E-state index in [0.717, 1.165) is 20.9 Å². The standard InChI is InChI=1S/C23H22BrN3O2/c1-16-6-4-5-7-19(16)22(29)27(15-28)14-23(2,3)13-26-12-17(11-25)20-9-8-18(24)10-21(20)26/h4-10,12,15H,13-14H2,1-3H3. The molecule has 0 aliphatic rings. The summed E-state index contributed by atoms with van der Waals surface area (Å²) in [5.74, 6) is -0.302. The minimum atomic E-state index is -0.403. The van der Waals surface area contributed by atoms with E-state index >= 15 is 0 Å². The Hall–Kier alpha value is -2.91. The normalized spacial score (nSPS) is 11.3.